The third kappa shape index (κ3) is 2.84. The van der Waals surface area contributed by atoms with Crippen LogP contribution in [-0.4, -0.2) is 26.2 Å². The zero-order valence-electron chi connectivity index (χ0n) is 11.9. The van der Waals surface area contributed by atoms with Crippen molar-refractivity contribution < 1.29 is 14.3 Å². The van der Waals surface area contributed by atoms with Crippen molar-refractivity contribution in [3.8, 4) is 5.75 Å². The molecule has 0 saturated carbocycles. The van der Waals surface area contributed by atoms with Crippen molar-refractivity contribution in [3.05, 3.63) is 59.7 Å². The van der Waals surface area contributed by atoms with E-state index in [1.165, 1.54) is 12.7 Å². The third-order valence-electron chi connectivity index (χ3n) is 3.56. The van der Waals surface area contributed by atoms with Gasteiger partial charge >= 0.3 is 5.97 Å². The van der Waals surface area contributed by atoms with Crippen molar-refractivity contribution in [2.45, 2.75) is 6.54 Å². The molecule has 4 nitrogen and oxygen atoms in total. The van der Waals surface area contributed by atoms with Crippen LogP contribution < -0.4 is 9.64 Å². The Morgan fingerprint density at radius 3 is 2.81 bits per heavy atom. The van der Waals surface area contributed by atoms with E-state index in [9.17, 15) is 4.79 Å². The van der Waals surface area contributed by atoms with E-state index in [1.54, 1.807) is 6.07 Å². The molecule has 0 radical (unpaired) electrons. The Morgan fingerprint density at radius 2 is 2.05 bits per heavy atom. The van der Waals surface area contributed by atoms with Crippen LogP contribution in [-0.2, 0) is 11.3 Å². The SMILES string of the molecule is COC(=O)c1ccc2c(c1)N(Cc1ccccc1)CCO2. The van der Waals surface area contributed by atoms with Gasteiger partial charge in [-0.1, -0.05) is 30.3 Å². The highest BCUT2D eigenvalue weighted by atomic mass is 16.5. The first-order valence-corrected chi connectivity index (χ1v) is 6.92. The molecular formula is C17H17NO3. The maximum absolute atomic E-state index is 11.7. The molecule has 0 saturated heterocycles. The monoisotopic (exact) mass is 283 g/mol. The zero-order valence-corrected chi connectivity index (χ0v) is 11.9. The quantitative estimate of drug-likeness (QED) is 0.812. The number of carbonyl (C=O) groups is 1. The molecule has 0 bridgehead atoms. The van der Waals surface area contributed by atoms with Crippen LogP contribution in [0, 0.1) is 0 Å². The van der Waals surface area contributed by atoms with Crippen molar-refractivity contribution >= 4 is 11.7 Å². The summed E-state index contributed by atoms with van der Waals surface area (Å²) in [4.78, 5) is 13.9. The number of carbonyl (C=O) groups excluding carboxylic acids is 1. The second-order valence-corrected chi connectivity index (χ2v) is 4.93. The molecule has 1 aliphatic heterocycles. The fraction of sp³-hybridized carbons (Fsp3) is 0.235. The smallest absolute Gasteiger partial charge is 0.337 e. The van der Waals surface area contributed by atoms with Gasteiger partial charge < -0.3 is 14.4 Å². The molecule has 3 rings (SSSR count). The normalized spacial score (nSPS) is 13.3. The van der Waals surface area contributed by atoms with E-state index in [0.29, 0.717) is 12.2 Å². The van der Waals surface area contributed by atoms with Gasteiger partial charge in [0.25, 0.3) is 0 Å². The minimum atomic E-state index is -0.331. The lowest BCUT2D eigenvalue weighted by Crippen LogP contribution is -2.32. The van der Waals surface area contributed by atoms with Gasteiger partial charge in [0.2, 0.25) is 0 Å². The summed E-state index contributed by atoms with van der Waals surface area (Å²) in [5.74, 6) is 0.480. The fourth-order valence-corrected chi connectivity index (χ4v) is 2.49. The maximum Gasteiger partial charge on any atom is 0.337 e. The van der Waals surface area contributed by atoms with Crippen LogP contribution in [0.4, 0.5) is 5.69 Å². The van der Waals surface area contributed by atoms with Gasteiger partial charge in [0, 0.05) is 6.54 Å². The molecule has 21 heavy (non-hydrogen) atoms. The summed E-state index contributed by atoms with van der Waals surface area (Å²) in [6.07, 6.45) is 0. The first-order chi connectivity index (χ1) is 10.3. The van der Waals surface area contributed by atoms with Crippen LogP contribution in [0.3, 0.4) is 0 Å². The van der Waals surface area contributed by atoms with Gasteiger partial charge in [-0.15, -0.1) is 0 Å². The van der Waals surface area contributed by atoms with Crippen molar-refractivity contribution in [1.82, 2.24) is 0 Å². The minimum Gasteiger partial charge on any atom is -0.490 e. The van der Waals surface area contributed by atoms with Gasteiger partial charge in [-0.25, -0.2) is 4.79 Å². The maximum atomic E-state index is 11.7. The average Bonchev–Trinajstić information content (AvgIpc) is 2.55. The Hall–Kier alpha value is -2.49. The van der Waals surface area contributed by atoms with Gasteiger partial charge in [0.05, 0.1) is 24.9 Å². The summed E-state index contributed by atoms with van der Waals surface area (Å²) in [6, 6.07) is 15.7. The van der Waals surface area contributed by atoms with Crippen LogP contribution in [0.2, 0.25) is 0 Å². The molecule has 0 fully saturated rings. The lowest BCUT2D eigenvalue weighted by molar-refractivity contribution is 0.0600. The Morgan fingerprint density at radius 1 is 1.24 bits per heavy atom. The summed E-state index contributed by atoms with van der Waals surface area (Å²) in [5, 5.41) is 0. The van der Waals surface area contributed by atoms with E-state index in [1.807, 2.05) is 30.3 Å². The Bertz CT molecular complexity index is 640. The van der Waals surface area contributed by atoms with E-state index in [2.05, 4.69) is 17.0 Å². The van der Waals surface area contributed by atoms with E-state index in [4.69, 9.17) is 9.47 Å². The van der Waals surface area contributed by atoms with Gasteiger partial charge in [-0.05, 0) is 23.8 Å². The Kier molecular flexibility index (Phi) is 3.77. The minimum absolute atomic E-state index is 0.331. The number of benzene rings is 2. The van der Waals surface area contributed by atoms with Crippen LogP contribution in [0.1, 0.15) is 15.9 Å². The predicted molar refractivity (Wildman–Crippen MR) is 80.8 cm³/mol. The number of hydrogen-bond donors (Lipinski definition) is 0. The number of hydrogen-bond acceptors (Lipinski definition) is 4. The molecule has 0 spiro atoms. The largest absolute Gasteiger partial charge is 0.490 e. The number of ether oxygens (including phenoxy) is 2. The molecule has 0 aromatic heterocycles. The molecule has 108 valence electrons. The van der Waals surface area contributed by atoms with Crippen LogP contribution in [0.25, 0.3) is 0 Å². The highest BCUT2D eigenvalue weighted by Gasteiger charge is 2.20. The number of fused-ring (bicyclic) bond motifs is 1. The Labute approximate surface area is 123 Å². The van der Waals surface area contributed by atoms with E-state index >= 15 is 0 Å². The molecule has 0 aliphatic carbocycles. The molecule has 1 heterocycles. The third-order valence-corrected chi connectivity index (χ3v) is 3.56. The molecule has 4 heteroatoms. The number of anilines is 1. The van der Waals surface area contributed by atoms with E-state index in [0.717, 1.165) is 24.5 Å². The lowest BCUT2D eigenvalue weighted by Gasteiger charge is -2.31. The summed E-state index contributed by atoms with van der Waals surface area (Å²) < 4.78 is 10.4. The summed E-state index contributed by atoms with van der Waals surface area (Å²) >= 11 is 0. The molecule has 0 atom stereocenters. The topological polar surface area (TPSA) is 38.8 Å². The average molecular weight is 283 g/mol. The zero-order chi connectivity index (χ0) is 14.7. The lowest BCUT2D eigenvalue weighted by atomic mass is 10.1. The number of nitrogens with zero attached hydrogens (tertiary/aromatic N) is 1. The molecule has 2 aromatic carbocycles. The summed E-state index contributed by atoms with van der Waals surface area (Å²) in [6.45, 7) is 2.24. The van der Waals surface area contributed by atoms with Crippen LogP contribution >= 0.6 is 0 Å². The highest BCUT2D eigenvalue weighted by molar-refractivity contribution is 5.91. The van der Waals surface area contributed by atoms with E-state index < -0.39 is 0 Å². The van der Waals surface area contributed by atoms with Crippen LogP contribution in [0.5, 0.6) is 5.75 Å². The van der Waals surface area contributed by atoms with Crippen LogP contribution in [0.15, 0.2) is 48.5 Å². The van der Waals surface area contributed by atoms with Gasteiger partial charge in [-0.2, -0.15) is 0 Å². The summed E-state index contributed by atoms with van der Waals surface area (Å²) in [5.41, 5.74) is 2.71. The van der Waals surface area contributed by atoms with Crippen molar-refractivity contribution in [2.75, 3.05) is 25.2 Å². The Balaban J connectivity index is 1.90. The predicted octanol–water partition coefficient (Wildman–Crippen LogP) is 2.87. The standard InChI is InChI=1S/C17H17NO3/c1-20-17(19)14-7-8-16-15(11-14)18(9-10-21-16)12-13-5-3-2-4-6-13/h2-8,11H,9-10,12H2,1H3. The number of esters is 1. The molecule has 1 aliphatic rings. The first-order valence-electron chi connectivity index (χ1n) is 6.92. The van der Waals surface area contributed by atoms with E-state index in [-0.39, 0.29) is 5.97 Å². The molecule has 0 N–H and O–H groups in total. The highest BCUT2D eigenvalue weighted by Crippen LogP contribution is 2.33. The van der Waals surface area contributed by atoms with Gasteiger partial charge in [-0.3, -0.25) is 0 Å². The number of methoxy groups -OCH3 is 1. The van der Waals surface area contributed by atoms with Gasteiger partial charge in [0.1, 0.15) is 12.4 Å². The van der Waals surface area contributed by atoms with Crippen molar-refractivity contribution in [1.29, 1.82) is 0 Å². The molecule has 0 unspecified atom stereocenters. The van der Waals surface area contributed by atoms with Crippen molar-refractivity contribution in [2.24, 2.45) is 0 Å². The van der Waals surface area contributed by atoms with Gasteiger partial charge in [0.15, 0.2) is 0 Å². The number of rotatable bonds is 3. The summed E-state index contributed by atoms with van der Waals surface area (Å²) in [7, 11) is 1.39. The fourth-order valence-electron chi connectivity index (χ4n) is 2.49. The first kappa shape index (κ1) is 13.5. The second-order valence-electron chi connectivity index (χ2n) is 4.93. The van der Waals surface area contributed by atoms with Crippen molar-refractivity contribution in [3.63, 3.8) is 0 Å². The molecular weight excluding hydrogens is 266 g/mol. The second kappa shape index (κ2) is 5.87. The molecule has 0 amide bonds. The molecule has 2 aromatic rings.